The number of benzene rings is 2. The standard InChI is InChI=1S/C13H18N4.C8H8O/c1-16(2)10-13(11-6-4-3-5-7-11)17-9-12(14)8-15-17;1-2-4-7(5-3-1)8-6-9-8/h3-9,13H,10,14H2,1-2H3;1-5,8H,6H2. The van der Waals surface area contributed by atoms with Gasteiger partial charge in [-0.2, -0.15) is 5.10 Å². The quantitative estimate of drug-likeness (QED) is 0.717. The zero-order chi connectivity index (χ0) is 18.4. The summed E-state index contributed by atoms with van der Waals surface area (Å²) in [6, 6.07) is 20.8. The van der Waals surface area contributed by atoms with Crippen molar-refractivity contribution in [1.82, 2.24) is 14.7 Å². The zero-order valence-corrected chi connectivity index (χ0v) is 15.3. The monoisotopic (exact) mass is 350 g/mol. The summed E-state index contributed by atoms with van der Waals surface area (Å²) < 4.78 is 7.02. The third-order valence-electron chi connectivity index (χ3n) is 4.17. The maximum absolute atomic E-state index is 5.73. The van der Waals surface area contributed by atoms with Crippen LogP contribution >= 0.6 is 0 Å². The molecule has 1 fully saturated rings. The Morgan fingerprint density at radius 2 is 1.73 bits per heavy atom. The first-order chi connectivity index (χ1) is 12.6. The Hall–Kier alpha value is -2.63. The number of hydrogen-bond donors (Lipinski definition) is 1. The van der Waals surface area contributed by atoms with Gasteiger partial charge in [-0.1, -0.05) is 60.7 Å². The van der Waals surface area contributed by atoms with Gasteiger partial charge in [-0.25, -0.2) is 0 Å². The molecule has 2 heterocycles. The molecule has 0 amide bonds. The fourth-order valence-corrected chi connectivity index (χ4v) is 2.79. The second-order valence-corrected chi connectivity index (χ2v) is 6.68. The van der Waals surface area contributed by atoms with Gasteiger partial charge in [0.05, 0.1) is 24.5 Å². The number of ether oxygens (including phenoxy) is 1. The van der Waals surface area contributed by atoms with E-state index in [1.54, 1.807) is 6.20 Å². The van der Waals surface area contributed by atoms with Crippen LogP contribution in [0.15, 0.2) is 73.1 Å². The molecule has 5 heteroatoms. The van der Waals surface area contributed by atoms with Crippen molar-refractivity contribution in [3.05, 3.63) is 84.2 Å². The molecular weight excluding hydrogens is 324 g/mol. The molecule has 0 saturated carbocycles. The molecule has 1 aromatic heterocycles. The number of nitrogen functional groups attached to an aromatic ring is 1. The van der Waals surface area contributed by atoms with Gasteiger partial charge in [0.25, 0.3) is 0 Å². The van der Waals surface area contributed by atoms with Gasteiger partial charge in [-0.15, -0.1) is 0 Å². The van der Waals surface area contributed by atoms with Crippen molar-refractivity contribution in [3.63, 3.8) is 0 Å². The predicted octanol–water partition coefficient (Wildman–Crippen LogP) is 3.37. The van der Waals surface area contributed by atoms with Crippen LogP contribution in [0.4, 0.5) is 5.69 Å². The number of hydrogen-bond acceptors (Lipinski definition) is 4. The first-order valence-corrected chi connectivity index (χ1v) is 8.79. The Morgan fingerprint density at radius 3 is 2.23 bits per heavy atom. The number of likely N-dealkylation sites (N-methyl/N-ethyl adjacent to an activating group) is 1. The van der Waals surface area contributed by atoms with E-state index in [4.69, 9.17) is 10.5 Å². The SMILES string of the molecule is CN(C)CC(c1ccccc1)n1cc(N)cn1.c1ccc(C2CO2)cc1. The molecule has 5 nitrogen and oxygen atoms in total. The van der Waals surface area contributed by atoms with Gasteiger partial charge in [-0.05, 0) is 25.2 Å². The zero-order valence-electron chi connectivity index (χ0n) is 15.3. The number of aromatic nitrogens is 2. The minimum Gasteiger partial charge on any atom is -0.396 e. The minimum atomic E-state index is 0.198. The van der Waals surface area contributed by atoms with Gasteiger partial charge in [0.2, 0.25) is 0 Å². The topological polar surface area (TPSA) is 59.6 Å². The molecule has 0 bridgehead atoms. The van der Waals surface area contributed by atoms with Crippen LogP contribution < -0.4 is 5.73 Å². The fourth-order valence-electron chi connectivity index (χ4n) is 2.79. The number of epoxide rings is 1. The van der Waals surface area contributed by atoms with Gasteiger partial charge in [0.1, 0.15) is 6.10 Å². The maximum atomic E-state index is 5.73. The molecule has 136 valence electrons. The molecule has 2 atom stereocenters. The van der Waals surface area contributed by atoms with Crippen molar-refractivity contribution in [1.29, 1.82) is 0 Å². The number of rotatable bonds is 5. The molecule has 26 heavy (non-hydrogen) atoms. The third-order valence-corrected chi connectivity index (χ3v) is 4.17. The van der Waals surface area contributed by atoms with Crippen LogP contribution in [0.2, 0.25) is 0 Å². The van der Waals surface area contributed by atoms with Crippen molar-refractivity contribution in [2.45, 2.75) is 12.1 Å². The Labute approximate surface area is 155 Å². The summed E-state index contributed by atoms with van der Waals surface area (Å²) >= 11 is 0. The summed E-state index contributed by atoms with van der Waals surface area (Å²) in [5, 5.41) is 4.31. The molecule has 2 unspecified atom stereocenters. The summed E-state index contributed by atoms with van der Waals surface area (Å²) in [6.07, 6.45) is 3.97. The first kappa shape index (κ1) is 18.2. The van der Waals surface area contributed by atoms with E-state index in [0.717, 1.165) is 13.2 Å². The highest BCUT2D eigenvalue weighted by Crippen LogP contribution is 2.28. The molecule has 0 radical (unpaired) electrons. The van der Waals surface area contributed by atoms with Gasteiger partial charge < -0.3 is 15.4 Å². The predicted molar refractivity (Wildman–Crippen MR) is 105 cm³/mol. The van der Waals surface area contributed by atoms with Gasteiger partial charge in [0.15, 0.2) is 0 Å². The lowest BCUT2D eigenvalue weighted by atomic mass is 10.1. The van der Waals surface area contributed by atoms with E-state index < -0.39 is 0 Å². The van der Waals surface area contributed by atoms with E-state index in [1.165, 1.54) is 11.1 Å². The van der Waals surface area contributed by atoms with E-state index in [0.29, 0.717) is 11.8 Å². The summed E-state index contributed by atoms with van der Waals surface area (Å²) in [4.78, 5) is 2.15. The minimum absolute atomic E-state index is 0.198. The van der Waals surface area contributed by atoms with Crippen molar-refractivity contribution in [2.24, 2.45) is 0 Å². The maximum Gasteiger partial charge on any atom is 0.106 e. The van der Waals surface area contributed by atoms with E-state index in [1.807, 2.05) is 47.3 Å². The van der Waals surface area contributed by atoms with Crippen LogP contribution in [-0.2, 0) is 4.74 Å². The molecule has 1 aliphatic rings. The number of anilines is 1. The molecule has 0 aliphatic carbocycles. The summed E-state index contributed by atoms with van der Waals surface area (Å²) in [6.45, 7) is 1.80. The number of nitrogens with two attached hydrogens (primary N) is 1. The molecule has 1 saturated heterocycles. The van der Waals surface area contributed by atoms with Crippen molar-refractivity contribution in [2.75, 3.05) is 33.0 Å². The van der Waals surface area contributed by atoms with Crippen LogP contribution in [-0.4, -0.2) is 41.9 Å². The molecule has 0 spiro atoms. The Balaban J connectivity index is 0.000000181. The smallest absolute Gasteiger partial charge is 0.106 e. The van der Waals surface area contributed by atoms with E-state index in [2.05, 4.69) is 48.4 Å². The molecule has 2 aromatic carbocycles. The Morgan fingerprint density at radius 1 is 1.12 bits per heavy atom. The van der Waals surface area contributed by atoms with Crippen molar-refractivity contribution < 1.29 is 4.74 Å². The summed E-state index contributed by atoms with van der Waals surface area (Å²) in [5.41, 5.74) is 8.97. The average molecular weight is 350 g/mol. The molecular formula is C21H26N4O. The molecule has 1 aliphatic heterocycles. The molecule has 2 N–H and O–H groups in total. The largest absolute Gasteiger partial charge is 0.396 e. The summed E-state index contributed by atoms with van der Waals surface area (Å²) in [7, 11) is 4.12. The normalized spacial score (nSPS) is 16.7. The highest BCUT2D eigenvalue weighted by Gasteiger charge is 2.23. The summed E-state index contributed by atoms with van der Waals surface area (Å²) in [5.74, 6) is 0. The van der Waals surface area contributed by atoms with Crippen LogP contribution in [0.25, 0.3) is 0 Å². The van der Waals surface area contributed by atoms with Crippen LogP contribution in [0.5, 0.6) is 0 Å². The first-order valence-electron chi connectivity index (χ1n) is 8.79. The second-order valence-electron chi connectivity index (χ2n) is 6.68. The molecule has 3 aromatic rings. The van der Waals surface area contributed by atoms with Crippen LogP contribution in [0.3, 0.4) is 0 Å². The van der Waals surface area contributed by atoms with Crippen LogP contribution in [0.1, 0.15) is 23.3 Å². The van der Waals surface area contributed by atoms with Crippen molar-refractivity contribution in [3.8, 4) is 0 Å². The van der Waals surface area contributed by atoms with Crippen molar-refractivity contribution >= 4 is 5.69 Å². The van der Waals surface area contributed by atoms with E-state index in [9.17, 15) is 0 Å². The highest BCUT2D eigenvalue weighted by molar-refractivity contribution is 5.32. The van der Waals surface area contributed by atoms with E-state index in [-0.39, 0.29) is 6.04 Å². The third kappa shape index (κ3) is 5.18. The number of nitrogens with zero attached hydrogens (tertiary/aromatic N) is 3. The lowest BCUT2D eigenvalue weighted by Gasteiger charge is -2.21. The second kappa shape index (κ2) is 8.65. The van der Waals surface area contributed by atoms with E-state index >= 15 is 0 Å². The van der Waals surface area contributed by atoms with Crippen LogP contribution in [0, 0.1) is 0 Å². The lowest BCUT2D eigenvalue weighted by Crippen LogP contribution is -2.25. The lowest BCUT2D eigenvalue weighted by molar-refractivity contribution is 0.337. The fraction of sp³-hybridized carbons (Fsp3) is 0.286. The van der Waals surface area contributed by atoms with Gasteiger partial charge in [0, 0.05) is 12.7 Å². The average Bonchev–Trinajstić information content (AvgIpc) is 3.43. The highest BCUT2D eigenvalue weighted by atomic mass is 16.6. The van der Waals surface area contributed by atoms with Gasteiger partial charge >= 0.3 is 0 Å². The molecule has 4 rings (SSSR count). The Kier molecular flexibility index (Phi) is 6.04. The Bertz CT molecular complexity index is 782. The van der Waals surface area contributed by atoms with Gasteiger partial charge in [-0.3, -0.25) is 4.68 Å².